The van der Waals surface area contributed by atoms with E-state index in [1.807, 2.05) is 0 Å². The van der Waals surface area contributed by atoms with E-state index in [1.54, 1.807) is 18.2 Å². The topological polar surface area (TPSA) is 86.6 Å². The molecule has 1 aliphatic carbocycles. The summed E-state index contributed by atoms with van der Waals surface area (Å²) in [6.07, 6.45) is 2.62. The molecule has 1 unspecified atom stereocenters. The predicted molar refractivity (Wildman–Crippen MR) is 77.8 cm³/mol. The van der Waals surface area contributed by atoms with Crippen LogP contribution >= 0.6 is 0 Å². The Morgan fingerprint density at radius 3 is 2.45 bits per heavy atom. The van der Waals surface area contributed by atoms with Crippen molar-refractivity contribution in [3.8, 4) is 0 Å². The standard InChI is InChI=1S/C16H20FNO4/c1-15(22,14(20)21)10-18-13(19)16(8-4-5-9-16)11-6-2-3-7-12(11)17/h2-3,6-7,22H,4-5,8-10H2,1H3,(H,18,19)(H,20,21). The van der Waals surface area contributed by atoms with E-state index in [2.05, 4.69) is 5.32 Å². The van der Waals surface area contributed by atoms with Crippen LogP contribution in [0.4, 0.5) is 4.39 Å². The third-order valence-electron chi connectivity index (χ3n) is 4.34. The molecule has 0 saturated heterocycles. The highest BCUT2D eigenvalue weighted by atomic mass is 19.1. The number of carbonyl (C=O) groups excluding carboxylic acids is 1. The second kappa shape index (κ2) is 6.04. The van der Waals surface area contributed by atoms with Crippen molar-refractivity contribution in [1.82, 2.24) is 5.32 Å². The number of benzene rings is 1. The van der Waals surface area contributed by atoms with Gasteiger partial charge in [-0.2, -0.15) is 0 Å². The molecular formula is C16H20FNO4. The van der Waals surface area contributed by atoms with Gasteiger partial charge in [0.1, 0.15) is 5.82 Å². The van der Waals surface area contributed by atoms with Crippen molar-refractivity contribution in [1.29, 1.82) is 0 Å². The highest BCUT2D eigenvalue weighted by Crippen LogP contribution is 2.42. The van der Waals surface area contributed by atoms with Gasteiger partial charge in [0.15, 0.2) is 5.60 Å². The number of carbonyl (C=O) groups is 2. The summed E-state index contributed by atoms with van der Waals surface area (Å²) >= 11 is 0. The summed E-state index contributed by atoms with van der Waals surface area (Å²) in [5.41, 5.74) is -2.70. The van der Waals surface area contributed by atoms with Crippen molar-refractivity contribution >= 4 is 11.9 Å². The largest absolute Gasteiger partial charge is 0.479 e. The average Bonchev–Trinajstić information content (AvgIpc) is 2.95. The average molecular weight is 309 g/mol. The Morgan fingerprint density at radius 2 is 1.91 bits per heavy atom. The summed E-state index contributed by atoms with van der Waals surface area (Å²) in [6.45, 7) is 0.692. The lowest BCUT2D eigenvalue weighted by Crippen LogP contribution is -2.51. The van der Waals surface area contributed by atoms with Gasteiger partial charge in [-0.25, -0.2) is 9.18 Å². The van der Waals surface area contributed by atoms with Gasteiger partial charge in [0, 0.05) is 5.56 Å². The molecule has 22 heavy (non-hydrogen) atoms. The van der Waals surface area contributed by atoms with Crippen LogP contribution in [0.2, 0.25) is 0 Å². The van der Waals surface area contributed by atoms with Crippen LogP contribution in [0.25, 0.3) is 0 Å². The lowest BCUT2D eigenvalue weighted by atomic mass is 9.77. The fraction of sp³-hybridized carbons (Fsp3) is 0.500. The molecule has 1 atom stereocenters. The van der Waals surface area contributed by atoms with E-state index in [1.165, 1.54) is 6.07 Å². The maximum absolute atomic E-state index is 14.1. The van der Waals surface area contributed by atoms with Crippen molar-refractivity contribution in [3.05, 3.63) is 35.6 Å². The van der Waals surface area contributed by atoms with Crippen molar-refractivity contribution in [2.24, 2.45) is 0 Å². The minimum atomic E-state index is -2.05. The molecule has 1 aromatic rings. The number of amides is 1. The van der Waals surface area contributed by atoms with Gasteiger partial charge < -0.3 is 15.5 Å². The molecular weight excluding hydrogens is 289 g/mol. The summed E-state index contributed by atoms with van der Waals surface area (Å²) < 4.78 is 14.1. The Hall–Kier alpha value is -1.95. The van der Waals surface area contributed by atoms with Gasteiger partial charge in [-0.3, -0.25) is 4.79 Å². The molecule has 2 rings (SSSR count). The van der Waals surface area contributed by atoms with Gasteiger partial charge in [-0.1, -0.05) is 31.0 Å². The van der Waals surface area contributed by atoms with E-state index in [9.17, 15) is 19.1 Å². The Morgan fingerprint density at radius 1 is 1.32 bits per heavy atom. The molecule has 1 saturated carbocycles. The van der Waals surface area contributed by atoms with E-state index in [0.717, 1.165) is 19.8 Å². The number of halogens is 1. The molecule has 1 aromatic carbocycles. The van der Waals surface area contributed by atoms with E-state index in [4.69, 9.17) is 5.11 Å². The van der Waals surface area contributed by atoms with Crippen LogP contribution in [-0.4, -0.2) is 34.2 Å². The predicted octanol–water partition coefficient (Wildman–Crippen LogP) is 1.59. The second-order valence-corrected chi connectivity index (χ2v) is 6.03. The zero-order chi connectivity index (χ0) is 16.4. The zero-order valence-corrected chi connectivity index (χ0v) is 12.4. The molecule has 0 spiro atoms. The zero-order valence-electron chi connectivity index (χ0n) is 12.4. The van der Waals surface area contributed by atoms with Crippen molar-refractivity contribution in [3.63, 3.8) is 0 Å². The Balaban J connectivity index is 2.24. The van der Waals surface area contributed by atoms with Gasteiger partial charge in [0.05, 0.1) is 12.0 Å². The van der Waals surface area contributed by atoms with Crippen molar-refractivity contribution in [2.75, 3.05) is 6.54 Å². The molecule has 0 heterocycles. The molecule has 3 N–H and O–H groups in total. The van der Waals surface area contributed by atoms with E-state index in [-0.39, 0.29) is 0 Å². The number of hydrogen-bond acceptors (Lipinski definition) is 3. The SMILES string of the molecule is CC(O)(CNC(=O)C1(c2ccccc2F)CCCC1)C(=O)O. The lowest BCUT2D eigenvalue weighted by Gasteiger charge is -2.30. The highest BCUT2D eigenvalue weighted by Gasteiger charge is 2.45. The van der Waals surface area contributed by atoms with Gasteiger partial charge in [-0.15, -0.1) is 0 Å². The number of carboxylic acids is 1. The Bertz CT molecular complexity index is 579. The van der Waals surface area contributed by atoms with Crippen LogP contribution in [-0.2, 0) is 15.0 Å². The summed E-state index contributed by atoms with van der Waals surface area (Å²) in [6, 6.07) is 6.15. The first-order valence-electron chi connectivity index (χ1n) is 7.29. The van der Waals surface area contributed by atoms with Crippen molar-refractivity contribution < 1.29 is 24.2 Å². The summed E-state index contributed by atoms with van der Waals surface area (Å²) in [4.78, 5) is 23.5. The van der Waals surface area contributed by atoms with Gasteiger partial charge in [0.25, 0.3) is 0 Å². The molecule has 1 amide bonds. The first-order chi connectivity index (χ1) is 10.3. The van der Waals surface area contributed by atoms with Crippen LogP contribution in [0.5, 0.6) is 0 Å². The van der Waals surface area contributed by atoms with E-state index in [0.29, 0.717) is 18.4 Å². The van der Waals surface area contributed by atoms with Gasteiger partial charge in [0.2, 0.25) is 5.91 Å². The number of aliphatic hydroxyl groups is 1. The molecule has 6 heteroatoms. The van der Waals surface area contributed by atoms with Crippen LogP contribution in [0.15, 0.2) is 24.3 Å². The molecule has 0 aromatic heterocycles. The molecule has 5 nitrogen and oxygen atoms in total. The van der Waals surface area contributed by atoms with Gasteiger partial charge >= 0.3 is 5.97 Å². The fourth-order valence-corrected chi connectivity index (χ4v) is 2.94. The Kier molecular flexibility index (Phi) is 4.51. The monoisotopic (exact) mass is 309 g/mol. The van der Waals surface area contributed by atoms with Crippen LogP contribution in [0, 0.1) is 5.82 Å². The third kappa shape index (κ3) is 2.97. The number of rotatable bonds is 5. The molecule has 0 radical (unpaired) electrons. The van der Waals surface area contributed by atoms with Crippen molar-refractivity contribution in [2.45, 2.75) is 43.6 Å². The maximum atomic E-state index is 14.1. The molecule has 0 aliphatic heterocycles. The molecule has 1 fully saturated rings. The Labute approximate surface area is 128 Å². The molecule has 0 bridgehead atoms. The van der Waals surface area contributed by atoms with E-state index < -0.39 is 35.3 Å². The van der Waals surface area contributed by atoms with E-state index >= 15 is 0 Å². The maximum Gasteiger partial charge on any atom is 0.337 e. The highest BCUT2D eigenvalue weighted by molar-refractivity contribution is 5.89. The normalized spacial score (nSPS) is 19.4. The number of nitrogens with one attached hydrogen (secondary N) is 1. The lowest BCUT2D eigenvalue weighted by molar-refractivity contribution is -0.156. The molecule has 1 aliphatic rings. The number of aliphatic carboxylic acids is 1. The van der Waals surface area contributed by atoms with Crippen LogP contribution in [0.3, 0.4) is 0 Å². The minimum Gasteiger partial charge on any atom is -0.479 e. The molecule has 120 valence electrons. The fourth-order valence-electron chi connectivity index (χ4n) is 2.94. The number of carboxylic acid groups (broad SMARTS) is 1. The third-order valence-corrected chi connectivity index (χ3v) is 4.34. The first kappa shape index (κ1) is 16.4. The minimum absolute atomic E-state index is 0.333. The summed E-state index contributed by atoms with van der Waals surface area (Å²) in [5.74, 6) is -2.29. The summed E-state index contributed by atoms with van der Waals surface area (Å²) in [7, 11) is 0. The second-order valence-electron chi connectivity index (χ2n) is 6.03. The van der Waals surface area contributed by atoms with Crippen LogP contribution < -0.4 is 5.32 Å². The smallest absolute Gasteiger partial charge is 0.337 e. The quantitative estimate of drug-likeness (QED) is 0.771. The van der Waals surface area contributed by atoms with Gasteiger partial charge in [-0.05, 0) is 25.8 Å². The first-order valence-corrected chi connectivity index (χ1v) is 7.29. The van der Waals surface area contributed by atoms with Crippen LogP contribution in [0.1, 0.15) is 38.2 Å². The summed E-state index contributed by atoms with van der Waals surface area (Å²) in [5, 5.41) is 21.1. The number of hydrogen-bond donors (Lipinski definition) is 3.